The number of rotatable bonds is 3. The highest BCUT2D eigenvalue weighted by molar-refractivity contribution is 4.86. The molecule has 1 N–H and O–H groups in total. The van der Waals surface area contributed by atoms with Gasteiger partial charge in [0.05, 0.1) is 12.2 Å². The molecular weight excluding hydrogens is 224 g/mol. The van der Waals surface area contributed by atoms with E-state index in [0.29, 0.717) is 17.4 Å². The molecule has 2 heteroatoms. The van der Waals surface area contributed by atoms with Gasteiger partial charge in [0.1, 0.15) is 0 Å². The third-order valence-corrected chi connectivity index (χ3v) is 5.05. The minimum Gasteiger partial charge on any atom is -0.393 e. The van der Waals surface area contributed by atoms with Crippen LogP contribution >= 0.6 is 0 Å². The van der Waals surface area contributed by atoms with Gasteiger partial charge in [0.25, 0.3) is 0 Å². The van der Waals surface area contributed by atoms with Crippen molar-refractivity contribution in [2.45, 2.75) is 77.9 Å². The van der Waals surface area contributed by atoms with Gasteiger partial charge >= 0.3 is 0 Å². The van der Waals surface area contributed by atoms with Crippen molar-refractivity contribution in [3.8, 4) is 0 Å². The Kier molecular flexibility index (Phi) is 4.71. The van der Waals surface area contributed by atoms with Crippen LogP contribution in [0.1, 0.15) is 65.7 Å². The summed E-state index contributed by atoms with van der Waals surface area (Å²) in [6, 6.07) is 0. The molecule has 1 heterocycles. The quantitative estimate of drug-likeness (QED) is 0.830. The summed E-state index contributed by atoms with van der Waals surface area (Å²) >= 11 is 0. The normalized spacial score (nSPS) is 38.0. The summed E-state index contributed by atoms with van der Waals surface area (Å²) in [5.74, 6) is 1.28. The van der Waals surface area contributed by atoms with Gasteiger partial charge in [-0.1, -0.05) is 20.8 Å². The molecule has 2 nitrogen and oxygen atoms in total. The lowest BCUT2D eigenvalue weighted by Gasteiger charge is -2.40. The lowest BCUT2D eigenvalue weighted by molar-refractivity contribution is 0.00712. The highest BCUT2D eigenvalue weighted by Gasteiger charge is 2.35. The lowest BCUT2D eigenvalue weighted by Crippen LogP contribution is -2.35. The summed E-state index contributed by atoms with van der Waals surface area (Å²) in [6.45, 7) is 7.97. The van der Waals surface area contributed by atoms with E-state index in [1.165, 1.54) is 25.7 Å². The molecule has 4 atom stereocenters. The number of aliphatic hydroxyl groups excluding tert-OH is 1. The molecule has 1 aliphatic carbocycles. The molecule has 0 spiro atoms. The monoisotopic (exact) mass is 254 g/mol. The van der Waals surface area contributed by atoms with Crippen LogP contribution in [-0.4, -0.2) is 23.9 Å². The fraction of sp³-hybridized carbons (Fsp3) is 1.00. The van der Waals surface area contributed by atoms with Gasteiger partial charge in [-0.15, -0.1) is 0 Å². The van der Waals surface area contributed by atoms with E-state index in [4.69, 9.17) is 4.74 Å². The largest absolute Gasteiger partial charge is 0.393 e. The first kappa shape index (κ1) is 14.3. The predicted molar refractivity (Wildman–Crippen MR) is 74.5 cm³/mol. The predicted octanol–water partition coefficient (Wildman–Crippen LogP) is 3.77. The second-order valence-corrected chi connectivity index (χ2v) is 7.42. The molecule has 2 fully saturated rings. The maximum absolute atomic E-state index is 10.2. The fourth-order valence-corrected chi connectivity index (χ4v) is 3.62. The third-order valence-electron chi connectivity index (χ3n) is 5.05. The molecule has 0 amide bonds. The molecule has 18 heavy (non-hydrogen) atoms. The molecule has 0 aromatic heterocycles. The van der Waals surface area contributed by atoms with Gasteiger partial charge < -0.3 is 9.84 Å². The second kappa shape index (κ2) is 5.92. The van der Waals surface area contributed by atoms with E-state index in [2.05, 4.69) is 20.8 Å². The lowest BCUT2D eigenvalue weighted by atomic mass is 9.67. The minimum atomic E-state index is -0.0648. The number of aliphatic hydroxyl groups is 1. The van der Waals surface area contributed by atoms with Crippen LogP contribution in [0.3, 0.4) is 0 Å². The molecule has 1 aliphatic heterocycles. The van der Waals surface area contributed by atoms with Gasteiger partial charge in [0.2, 0.25) is 0 Å². The zero-order chi connectivity index (χ0) is 13.2. The first-order valence-electron chi connectivity index (χ1n) is 7.76. The van der Waals surface area contributed by atoms with Crippen LogP contribution in [0.5, 0.6) is 0 Å². The zero-order valence-corrected chi connectivity index (χ0v) is 12.3. The second-order valence-electron chi connectivity index (χ2n) is 7.42. The Labute approximate surface area is 112 Å². The van der Waals surface area contributed by atoms with Crippen LogP contribution < -0.4 is 0 Å². The molecule has 2 rings (SSSR count). The summed E-state index contributed by atoms with van der Waals surface area (Å²) in [7, 11) is 0. The number of hydrogen-bond donors (Lipinski definition) is 1. The first-order valence-corrected chi connectivity index (χ1v) is 7.76. The number of hydrogen-bond acceptors (Lipinski definition) is 2. The first-order chi connectivity index (χ1) is 8.47. The van der Waals surface area contributed by atoms with Crippen molar-refractivity contribution in [2.24, 2.45) is 17.3 Å². The standard InChI is InChI=1S/C16H30O2/c1-16(2,3)13-7-9-15(17)12(11-13)6-8-14-5-4-10-18-14/h12-15,17H,4-11H2,1-3H3. The smallest absolute Gasteiger partial charge is 0.0576 e. The van der Waals surface area contributed by atoms with E-state index in [1.54, 1.807) is 0 Å². The maximum atomic E-state index is 10.2. The van der Waals surface area contributed by atoms with Crippen molar-refractivity contribution in [3.05, 3.63) is 0 Å². The molecule has 0 aromatic rings. The van der Waals surface area contributed by atoms with Crippen LogP contribution in [0.4, 0.5) is 0 Å². The Balaban J connectivity index is 1.81. The SMILES string of the molecule is CC(C)(C)C1CCC(O)C(CCC2CCCO2)C1. The summed E-state index contributed by atoms with van der Waals surface area (Å²) in [6.07, 6.45) is 8.57. The van der Waals surface area contributed by atoms with Crippen LogP contribution in [0.15, 0.2) is 0 Å². The molecule has 0 aromatic carbocycles. The van der Waals surface area contributed by atoms with Crippen LogP contribution in [-0.2, 0) is 4.74 Å². The third kappa shape index (κ3) is 3.71. The molecule has 1 saturated carbocycles. The van der Waals surface area contributed by atoms with Gasteiger partial charge in [-0.25, -0.2) is 0 Å². The van der Waals surface area contributed by atoms with Crippen molar-refractivity contribution in [1.82, 2.24) is 0 Å². The van der Waals surface area contributed by atoms with Gasteiger partial charge in [-0.3, -0.25) is 0 Å². The highest BCUT2D eigenvalue weighted by atomic mass is 16.5. The van der Waals surface area contributed by atoms with Crippen molar-refractivity contribution >= 4 is 0 Å². The van der Waals surface area contributed by atoms with E-state index in [0.717, 1.165) is 31.8 Å². The van der Waals surface area contributed by atoms with Crippen molar-refractivity contribution in [2.75, 3.05) is 6.61 Å². The van der Waals surface area contributed by atoms with E-state index in [1.807, 2.05) is 0 Å². The van der Waals surface area contributed by atoms with Gasteiger partial charge in [-0.2, -0.15) is 0 Å². The average molecular weight is 254 g/mol. The van der Waals surface area contributed by atoms with Gasteiger partial charge in [0, 0.05) is 6.61 Å². The van der Waals surface area contributed by atoms with E-state index < -0.39 is 0 Å². The molecule has 106 valence electrons. The average Bonchev–Trinajstić information content (AvgIpc) is 2.79. The van der Waals surface area contributed by atoms with Crippen molar-refractivity contribution in [1.29, 1.82) is 0 Å². The Morgan fingerprint density at radius 3 is 2.50 bits per heavy atom. The Morgan fingerprint density at radius 1 is 1.11 bits per heavy atom. The van der Waals surface area contributed by atoms with E-state index >= 15 is 0 Å². The van der Waals surface area contributed by atoms with Crippen molar-refractivity contribution < 1.29 is 9.84 Å². The fourth-order valence-electron chi connectivity index (χ4n) is 3.62. The zero-order valence-electron chi connectivity index (χ0n) is 12.3. The van der Waals surface area contributed by atoms with E-state index in [-0.39, 0.29) is 6.10 Å². The highest BCUT2D eigenvalue weighted by Crippen LogP contribution is 2.42. The summed E-state index contributed by atoms with van der Waals surface area (Å²) < 4.78 is 5.69. The Bertz CT molecular complexity index is 250. The molecule has 4 unspecified atom stereocenters. The van der Waals surface area contributed by atoms with Gasteiger partial charge in [-0.05, 0) is 62.2 Å². The summed E-state index contributed by atoms with van der Waals surface area (Å²) in [5, 5.41) is 10.2. The van der Waals surface area contributed by atoms with Crippen molar-refractivity contribution in [3.63, 3.8) is 0 Å². The minimum absolute atomic E-state index is 0.0648. The van der Waals surface area contributed by atoms with Crippen LogP contribution in [0, 0.1) is 17.3 Å². The molecule has 2 aliphatic rings. The Hall–Kier alpha value is -0.0800. The molecule has 1 saturated heterocycles. The summed E-state index contributed by atoms with van der Waals surface area (Å²) in [4.78, 5) is 0. The van der Waals surface area contributed by atoms with E-state index in [9.17, 15) is 5.11 Å². The molecule has 0 bridgehead atoms. The van der Waals surface area contributed by atoms with Crippen LogP contribution in [0.2, 0.25) is 0 Å². The molecular formula is C16H30O2. The molecule has 0 radical (unpaired) electrons. The topological polar surface area (TPSA) is 29.5 Å². The number of ether oxygens (including phenoxy) is 1. The summed E-state index contributed by atoms with van der Waals surface area (Å²) in [5.41, 5.74) is 0.391. The Morgan fingerprint density at radius 2 is 1.89 bits per heavy atom. The van der Waals surface area contributed by atoms with Gasteiger partial charge in [0.15, 0.2) is 0 Å². The van der Waals surface area contributed by atoms with Crippen LogP contribution in [0.25, 0.3) is 0 Å². The maximum Gasteiger partial charge on any atom is 0.0576 e.